The van der Waals surface area contributed by atoms with Gasteiger partial charge in [0, 0.05) is 38.9 Å². The van der Waals surface area contributed by atoms with Crippen LogP contribution in [0.5, 0.6) is 11.5 Å². The summed E-state index contributed by atoms with van der Waals surface area (Å²) in [5.74, 6) is 2.24. The molecule has 166 valence electrons. The Bertz CT molecular complexity index is 931. The summed E-state index contributed by atoms with van der Waals surface area (Å²) in [5, 5.41) is 9.59. The number of aliphatic imine (C=N–C) groups is 1. The van der Waals surface area contributed by atoms with Crippen LogP contribution < -0.4 is 25.4 Å². The average molecular weight is 537 g/mol. The number of nitrogens with one attached hydrogen (secondary N) is 3. The first-order valence-electron chi connectivity index (χ1n) is 10.2. The fraction of sp³-hybridized carbons (Fsp3) is 0.364. The zero-order valence-corrected chi connectivity index (χ0v) is 19.8. The van der Waals surface area contributed by atoms with Gasteiger partial charge in [0.1, 0.15) is 0 Å². The van der Waals surface area contributed by atoms with Gasteiger partial charge in [-0.15, -0.1) is 24.0 Å². The van der Waals surface area contributed by atoms with Crippen LogP contribution in [0, 0.1) is 0 Å². The molecule has 9 heteroatoms. The van der Waals surface area contributed by atoms with Crippen LogP contribution in [0.15, 0.2) is 47.5 Å². The molecule has 4 rings (SSSR count). The smallest absolute Gasteiger partial charge is 0.321 e. The van der Waals surface area contributed by atoms with E-state index in [0.717, 1.165) is 54.2 Å². The van der Waals surface area contributed by atoms with Gasteiger partial charge in [0.2, 0.25) is 6.79 Å². The van der Waals surface area contributed by atoms with Crippen molar-refractivity contribution in [3.8, 4) is 11.5 Å². The summed E-state index contributed by atoms with van der Waals surface area (Å²) in [6.45, 7) is 3.14. The molecule has 2 aliphatic rings. The molecule has 0 spiro atoms. The van der Waals surface area contributed by atoms with Crippen molar-refractivity contribution < 1.29 is 14.3 Å². The number of benzene rings is 2. The highest BCUT2D eigenvalue weighted by molar-refractivity contribution is 14.0. The molecule has 0 aromatic heterocycles. The highest BCUT2D eigenvalue weighted by Gasteiger charge is 2.17. The number of anilines is 1. The van der Waals surface area contributed by atoms with Gasteiger partial charge in [-0.1, -0.05) is 18.2 Å². The van der Waals surface area contributed by atoms with E-state index in [2.05, 4.69) is 20.9 Å². The first-order chi connectivity index (χ1) is 14.7. The van der Waals surface area contributed by atoms with E-state index in [1.54, 1.807) is 7.05 Å². The van der Waals surface area contributed by atoms with E-state index in [4.69, 9.17) is 9.47 Å². The molecule has 0 bridgehead atoms. The maximum absolute atomic E-state index is 12.3. The lowest BCUT2D eigenvalue weighted by Crippen LogP contribution is -2.36. The summed E-state index contributed by atoms with van der Waals surface area (Å²) in [4.78, 5) is 18.4. The summed E-state index contributed by atoms with van der Waals surface area (Å²) in [7, 11) is 1.74. The SMILES string of the molecule is CN=C(NCc1cccc(NC(=O)N2CCCC2)c1)NCc1ccc2c(c1)OCO2.I. The molecule has 3 N–H and O–H groups in total. The number of fused-ring (bicyclic) bond motifs is 1. The van der Waals surface area contributed by atoms with E-state index >= 15 is 0 Å². The van der Waals surface area contributed by atoms with Gasteiger partial charge in [0.15, 0.2) is 17.5 Å². The summed E-state index contributed by atoms with van der Waals surface area (Å²) < 4.78 is 10.8. The molecule has 0 saturated carbocycles. The number of guanidine groups is 1. The first-order valence-corrected chi connectivity index (χ1v) is 10.2. The maximum Gasteiger partial charge on any atom is 0.321 e. The van der Waals surface area contributed by atoms with Gasteiger partial charge >= 0.3 is 6.03 Å². The van der Waals surface area contributed by atoms with Crippen LogP contribution in [-0.2, 0) is 13.1 Å². The Morgan fingerprint density at radius 3 is 2.45 bits per heavy atom. The highest BCUT2D eigenvalue weighted by Crippen LogP contribution is 2.32. The molecule has 0 radical (unpaired) electrons. The van der Waals surface area contributed by atoms with Gasteiger partial charge in [-0.25, -0.2) is 4.79 Å². The summed E-state index contributed by atoms with van der Waals surface area (Å²) in [6.07, 6.45) is 2.16. The van der Waals surface area contributed by atoms with E-state index in [-0.39, 0.29) is 36.8 Å². The van der Waals surface area contributed by atoms with E-state index < -0.39 is 0 Å². The number of rotatable bonds is 5. The molecule has 0 atom stereocenters. The second-order valence-electron chi connectivity index (χ2n) is 7.29. The number of ether oxygens (including phenoxy) is 2. The van der Waals surface area contributed by atoms with Crippen molar-refractivity contribution in [1.29, 1.82) is 0 Å². The predicted molar refractivity (Wildman–Crippen MR) is 131 cm³/mol. The van der Waals surface area contributed by atoms with Gasteiger partial charge in [0.05, 0.1) is 0 Å². The molecule has 2 amide bonds. The van der Waals surface area contributed by atoms with Crippen molar-refractivity contribution in [2.24, 2.45) is 4.99 Å². The molecule has 0 aliphatic carbocycles. The van der Waals surface area contributed by atoms with Crippen LogP contribution in [0.4, 0.5) is 10.5 Å². The molecular formula is C22H28IN5O3. The van der Waals surface area contributed by atoms with Crippen LogP contribution in [0.25, 0.3) is 0 Å². The largest absolute Gasteiger partial charge is 0.454 e. The third-order valence-electron chi connectivity index (χ3n) is 5.15. The van der Waals surface area contributed by atoms with Crippen molar-refractivity contribution >= 4 is 41.7 Å². The maximum atomic E-state index is 12.3. The quantitative estimate of drug-likeness (QED) is 0.309. The molecular weight excluding hydrogens is 509 g/mol. The van der Waals surface area contributed by atoms with Crippen LogP contribution in [0.2, 0.25) is 0 Å². The molecule has 2 heterocycles. The van der Waals surface area contributed by atoms with Crippen LogP contribution in [0.3, 0.4) is 0 Å². The number of carbonyl (C=O) groups excluding carboxylic acids is 1. The Morgan fingerprint density at radius 2 is 1.71 bits per heavy atom. The fourth-order valence-corrected chi connectivity index (χ4v) is 3.52. The average Bonchev–Trinajstić information content (AvgIpc) is 3.46. The highest BCUT2D eigenvalue weighted by atomic mass is 127. The number of amides is 2. The number of halogens is 1. The van der Waals surface area contributed by atoms with Crippen molar-refractivity contribution in [2.75, 3.05) is 32.2 Å². The van der Waals surface area contributed by atoms with Crippen LogP contribution in [0.1, 0.15) is 24.0 Å². The normalized spacial score (nSPS) is 14.7. The van der Waals surface area contributed by atoms with E-state index in [1.807, 2.05) is 47.4 Å². The first kappa shape index (κ1) is 23.0. The number of hydrogen-bond donors (Lipinski definition) is 3. The van der Waals surface area contributed by atoms with Crippen molar-refractivity contribution in [3.63, 3.8) is 0 Å². The van der Waals surface area contributed by atoms with E-state index in [1.165, 1.54) is 0 Å². The molecule has 31 heavy (non-hydrogen) atoms. The molecule has 1 fully saturated rings. The lowest BCUT2D eigenvalue weighted by molar-refractivity contribution is 0.174. The Labute approximate surface area is 199 Å². The Hall–Kier alpha value is -2.69. The molecule has 2 aromatic rings. The fourth-order valence-electron chi connectivity index (χ4n) is 3.52. The van der Waals surface area contributed by atoms with Gasteiger partial charge in [-0.05, 0) is 48.2 Å². The molecule has 1 saturated heterocycles. The zero-order valence-electron chi connectivity index (χ0n) is 17.5. The number of hydrogen-bond acceptors (Lipinski definition) is 4. The van der Waals surface area contributed by atoms with Gasteiger partial charge in [0.25, 0.3) is 0 Å². The number of likely N-dealkylation sites (tertiary alicyclic amines) is 1. The van der Waals surface area contributed by atoms with Gasteiger partial charge in [-0.2, -0.15) is 0 Å². The lowest BCUT2D eigenvalue weighted by Gasteiger charge is -2.17. The second kappa shape index (κ2) is 11.1. The van der Waals surface area contributed by atoms with Crippen molar-refractivity contribution in [3.05, 3.63) is 53.6 Å². The summed E-state index contributed by atoms with van der Waals surface area (Å²) in [5.41, 5.74) is 2.93. The summed E-state index contributed by atoms with van der Waals surface area (Å²) in [6, 6.07) is 13.7. The topological polar surface area (TPSA) is 87.2 Å². The standard InChI is InChI=1S/C22H27N5O3.HI/c1-23-21(25-14-17-7-8-19-20(12-17)30-15-29-19)24-13-16-5-4-6-18(11-16)26-22(28)27-9-2-3-10-27;/h4-8,11-12H,2-3,9-10,13-15H2,1H3,(H,26,28)(H2,23,24,25);1H. The Balaban J connectivity index is 0.00000272. The monoisotopic (exact) mass is 537 g/mol. The minimum atomic E-state index is -0.0289. The number of carbonyl (C=O) groups is 1. The van der Waals surface area contributed by atoms with Gasteiger partial charge < -0.3 is 30.3 Å². The molecule has 2 aliphatic heterocycles. The second-order valence-corrected chi connectivity index (χ2v) is 7.29. The number of urea groups is 1. The van der Waals surface area contributed by atoms with Crippen LogP contribution >= 0.6 is 24.0 Å². The van der Waals surface area contributed by atoms with Crippen molar-refractivity contribution in [1.82, 2.24) is 15.5 Å². The molecule has 0 unspecified atom stereocenters. The van der Waals surface area contributed by atoms with Crippen LogP contribution in [-0.4, -0.2) is 43.8 Å². The lowest BCUT2D eigenvalue weighted by atomic mass is 10.2. The minimum Gasteiger partial charge on any atom is -0.454 e. The third kappa shape index (κ3) is 6.16. The third-order valence-corrected chi connectivity index (χ3v) is 5.15. The van der Waals surface area contributed by atoms with Gasteiger partial charge in [-0.3, -0.25) is 4.99 Å². The zero-order chi connectivity index (χ0) is 20.8. The number of nitrogens with zero attached hydrogens (tertiary/aromatic N) is 2. The predicted octanol–water partition coefficient (Wildman–Crippen LogP) is 3.53. The van der Waals surface area contributed by atoms with E-state index in [9.17, 15) is 4.79 Å². The summed E-state index contributed by atoms with van der Waals surface area (Å²) >= 11 is 0. The Kier molecular flexibility index (Phi) is 8.21. The Morgan fingerprint density at radius 1 is 1.00 bits per heavy atom. The van der Waals surface area contributed by atoms with Crippen molar-refractivity contribution in [2.45, 2.75) is 25.9 Å². The van der Waals surface area contributed by atoms with E-state index in [0.29, 0.717) is 19.0 Å². The minimum absolute atomic E-state index is 0. The molecule has 8 nitrogen and oxygen atoms in total. The molecule has 2 aromatic carbocycles.